The van der Waals surface area contributed by atoms with Crippen molar-refractivity contribution in [3.63, 3.8) is 0 Å². The Labute approximate surface area is 194 Å². The number of hydrogen-bond acceptors (Lipinski definition) is 4. The van der Waals surface area contributed by atoms with Crippen molar-refractivity contribution in [2.24, 2.45) is 5.92 Å². The van der Waals surface area contributed by atoms with E-state index in [0.29, 0.717) is 25.7 Å². The molecule has 2 fully saturated rings. The van der Waals surface area contributed by atoms with Crippen LogP contribution in [0.5, 0.6) is 11.5 Å². The summed E-state index contributed by atoms with van der Waals surface area (Å²) < 4.78 is 12.8. The number of hydrogen-bond donors (Lipinski definition) is 2. The summed E-state index contributed by atoms with van der Waals surface area (Å²) >= 11 is 0. The zero-order valence-corrected chi connectivity index (χ0v) is 19.2. The van der Waals surface area contributed by atoms with Crippen LogP contribution in [0.4, 0.5) is 10.5 Å². The molecule has 1 amide bonds. The normalized spacial score (nSPS) is 29.6. The van der Waals surface area contributed by atoms with Crippen molar-refractivity contribution >= 4 is 11.8 Å². The number of carboxylic acid groups (broad SMARTS) is 1. The van der Waals surface area contributed by atoms with Gasteiger partial charge in [-0.25, -0.2) is 4.79 Å². The van der Waals surface area contributed by atoms with Gasteiger partial charge in [0.05, 0.1) is 6.04 Å². The third-order valence-corrected chi connectivity index (χ3v) is 8.41. The van der Waals surface area contributed by atoms with E-state index in [4.69, 9.17) is 9.47 Å². The molecule has 174 valence electrons. The van der Waals surface area contributed by atoms with Gasteiger partial charge in [-0.2, -0.15) is 0 Å². The molecule has 4 atom stereocenters. The summed E-state index contributed by atoms with van der Waals surface area (Å²) in [4.78, 5) is 13.8. The summed E-state index contributed by atoms with van der Waals surface area (Å²) in [7, 11) is 0. The van der Waals surface area contributed by atoms with E-state index in [1.165, 1.54) is 24.0 Å². The molecule has 6 heteroatoms. The Hall–Kier alpha value is -2.89. The van der Waals surface area contributed by atoms with Gasteiger partial charge in [-0.1, -0.05) is 43.2 Å². The van der Waals surface area contributed by atoms with Crippen molar-refractivity contribution in [1.82, 2.24) is 4.90 Å². The van der Waals surface area contributed by atoms with E-state index in [0.717, 1.165) is 48.4 Å². The lowest BCUT2D eigenvalue weighted by atomic mass is 9.52. The molecule has 2 bridgehead atoms. The highest BCUT2D eigenvalue weighted by Crippen LogP contribution is 2.59. The van der Waals surface area contributed by atoms with Crippen molar-refractivity contribution < 1.29 is 19.4 Å². The van der Waals surface area contributed by atoms with Crippen LogP contribution in [-0.2, 0) is 18.4 Å². The Kier molecular flexibility index (Phi) is 4.93. The first-order valence-electron chi connectivity index (χ1n) is 12.3. The van der Waals surface area contributed by atoms with Gasteiger partial charge >= 0.3 is 6.09 Å². The standard InChI is InChI=1S/C27H32N2O4/c1-17-15-33-25-19-13-22-20-9-5-6-10-27(20,11-12-29(22)26(30)31)21(19)14-23(24(25)28-17)32-16-18-7-3-2-4-8-18/h2-4,7-8,14,17,20,22,28H,5-6,9-13,15-16H2,1H3,(H,30,31). The molecule has 1 saturated carbocycles. The topological polar surface area (TPSA) is 71.0 Å². The van der Waals surface area contributed by atoms with E-state index in [-0.39, 0.29) is 17.5 Å². The van der Waals surface area contributed by atoms with Crippen molar-refractivity contribution in [3.05, 3.63) is 53.1 Å². The van der Waals surface area contributed by atoms with E-state index in [1.807, 2.05) is 18.2 Å². The molecule has 0 spiro atoms. The summed E-state index contributed by atoms with van der Waals surface area (Å²) in [6, 6.07) is 12.7. The molecular formula is C27H32N2O4. The number of nitrogens with zero attached hydrogens (tertiary/aromatic N) is 1. The van der Waals surface area contributed by atoms with E-state index < -0.39 is 6.09 Å². The minimum Gasteiger partial charge on any atom is -0.489 e. The first-order valence-corrected chi connectivity index (χ1v) is 12.3. The maximum absolute atomic E-state index is 12.1. The highest BCUT2D eigenvalue weighted by Gasteiger charge is 2.56. The number of nitrogens with one attached hydrogen (secondary N) is 1. The molecule has 2 aromatic carbocycles. The molecule has 2 aliphatic carbocycles. The van der Waals surface area contributed by atoms with Crippen LogP contribution in [0.2, 0.25) is 0 Å². The summed E-state index contributed by atoms with van der Waals surface area (Å²) in [6.45, 7) is 3.84. The fourth-order valence-electron chi connectivity index (χ4n) is 6.97. The van der Waals surface area contributed by atoms with Gasteiger partial charge < -0.3 is 24.8 Å². The molecule has 0 aromatic heterocycles. The molecule has 6 nitrogen and oxygen atoms in total. The van der Waals surface area contributed by atoms with Gasteiger partial charge in [0.1, 0.15) is 30.4 Å². The summed E-state index contributed by atoms with van der Waals surface area (Å²) in [5, 5.41) is 13.5. The molecule has 2 aliphatic heterocycles. The van der Waals surface area contributed by atoms with Gasteiger partial charge in [0.25, 0.3) is 0 Å². The SMILES string of the molecule is CC1COc2c3c(cc(OCc4ccccc4)c2N1)C12CCCCC1C(C3)N(C(=O)O)CC2. The lowest BCUT2D eigenvalue weighted by Gasteiger charge is -2.58. The van der Waals surface area contributed by atoms with Crippen LogP contribution >= 0.6 is 0 Å². The predicted octanol–water partition coefficient (Wildman–Crippen LogP) is 5.19. The van der Waals surface area contributed by atoms with Crippen LogP contribution < -0.4 is 14.8 Å². The van der Waals surface area contributed by atoms with Gasteiger partial charge in [-0.05, 0) is 55.7 Å². The first kappa shape index (κ1) is 20.7. The highest BCUT2D eigenvalue weighted by atomic mass is 16.5. The zero-order valence-electron chi connectivity index (χ0n) is 19.2. The molecule has 33 heavy (non-hydrogen) atoms. The van der Waals surface area contributed by atoms with Crippen molar-refractivity contribution in [2.75, 3.05) is 18.5 Å². The largest absolute Gasteiger partial charge is 0.489 e. The summed E-state index contributed by atoms with van der Waals surface area (Å²) in [5.41, 5.74) is 4.64. The highest BCUT2D eigenvalue weighted by molar-refractivity contribution is 5.74. The second kappa shape index (κ2) is 7.86. The second-order valence-corrected chi connectivity index (χ2v) is 10.2. The number of fused-ring (bicyclic) bond motifs is 3. The fraction of sp³-hybridized carbons (Fsp3) is 0.519. The Morgan fingerprint density at radius 3 is 2.94 bits per heavy atom. The third kappa shape index (κ3) is 3.25. The Bertz CT molecular complexity index is 1070. The van der Waals surface area contributed by atoms with Crippen LogP contribution in [-0.4, -0.2) is 41.3 Å². The van der Waals surface area contributed by atoms with E-state index >= 15 is 0 Å². The van der Waals surface area contributed by atoms with Crippen LogP contribution in [0.3, 0.4) is 0 Å². The molecule has 2 heterocycles. The van der Waals surface area contributed by atoms with Gasteiger partial charge in [-0.3, -0.25) is 0 Å². The number of anilines is 1. The lowest BCUT2D eigenvalue weighted by Crippen LogP contribution is -2.62. The Morgan fingerprint density at radius 2 is 2.12 bits per heavy atom. The first-order chi connectivity index (χ1) is 16.1. The van der Waals surface area contributed by atoms with Crippen LogP contribution in [0.25, 0.3) is 0 Å². The van der Waals surface area contributed by atoms with E-state index in [1.54, 1.807) is 4.90 Å². The maximum Gasteiger partial charge on any atom is 0.407 e. The quantitative estimate of drug-likeness (QED) is 0.676. The van der Waals surface area contributed by atoms with Gasteiger partial charge in [-0.15, -0.1) is 0 Å². The Balaban J connectivity index is 1.47. The molecule has 4 unspecified atom stereocenters. The zero-order chi connectivity index (χ0) is 22.6. The monoisotopic (exact) mass is 448 g/mol. The van der Waals surface area contributed by atoms with E-state index in [2.05, 4.69) is 30.4 Å². The number of rotatable bonds is 3. The van der Waals surface area contributed by atoms with E-state index in [9.17, 15) is 9.90 Å². The van der Waals surface area contributed by atoms with Gasteiger partial charge in [0.15, 0.2) is 0 Å². The van der Waals surface area contributed by atoms with Crippen molar-refractivity contribution in [3.8, 4) is 11.5 Å². The number of carbonyl (C=O) groups is 1. The number of benzene rings is 2. The number of piperidine rings is 1. The summed E-state index contributed by atoms with van der Waals surface area (Å²) in [5.74, 6) is 2.12. The van der Waals surface area contributed by atoms with Crippen molar-refractivity contribution in [1.29, 1.82) is 0 Å². The van der Waals surface area contributed by atoms with Crippen LogP contribution in [0.1, 0.15) is 55.7 Å². The molecule has 4 aliphatic rings. The Morgan fingerprint density at radius 1 is 1.27 bits per heavy atom. The van der Waals surface area contributed by atoms with Gasteiger partial charge in [0, 0.05) is 23.6 Å². The fourth-order valence-corrected chi connectivity index (χ4v) is 6.97. The molecule has 1 saturated heterocycles. The predicted molar refractivity (Wildman–Crippen MR) is 126 cm³/mol. The van der Waals surface area contributed by atoms with Crippen LogP contribution in [0, 0.1) is 5.92 Å². The minimum absolute atomic E-state index is 0.0226. The molecule has 0 radical (unpaired) electrons. The average Bonchev–Trinajstić information content (AvgIpc) is 2.83. The molecule has 2 aromatic rings. The lowest BCUT2D eigenvalue weighted by molar-refractivity contribution is -0.00359. The molecule has 6 rings (SSSR count). The molecular weight excluding hydrogens is 416 g/mol. The minimum atomic E-state index is -0.785. The smallest absolute Gasteiger partial charge is 0.407 e. The van der Waals surface area contributed by atoms with Gasteiger partial charge in [0.2, 0.25) is 0 Å². The number of amides is 1. The van der Waals surface area contributed by atoms with Crippen LogP contribution in [0.15, 0.2) is 36.4 Å². The number of likely N-dealkylation sites (tertiary alicyclic amines) is 1. The maximum atomic E-state index is 12.1. The molecule has 2 N–H and O–H groups in total. The second-order valence-electron chi connectivity index (χ2n) is 10.2. The van der Waals surface area contributed by atoms with Crippen molar-refractivity contribution in [2.45, 2.75) is 69.6 Å². The summed E-state index contributed by atoms with van der Waals surface area (Å²) in [6.07, 6.45) is 5.43. The number of ether oxygens (including phenoxy) is 2. The third-order valence-electron chi connectivity index (χ3n) is 8.41. The average molecular weight is 449 g/mol.